The summed E-state index contributed by atoms with van der Waals surface area (Å²) in [5, 5.41) is 21.3. The van der Waals surface area contributed by atoms with Crippen molar-refractivity contribution in [3.63, 3.8) is 0 Å². The van der Waals surface area contributed by atoms with Gasteiger partial charge in [0.1, 0.15) is 12.1 Å². The summed E-state index contributed by atoms with van der Waals surface area (Å²) in [7, 11) is 0. The Morgan fingerprint density at radius 2 is 1.50 bits per heavy atom. The lowest BCUT2D eigenvalue weighted by Gasteiger charge is -2.30. The molecule has 0 aromatic heterocycles. The summed E-state index contributed by atoms with van der Waals surface area (Å²) < 4.78 is 0. The SMILES string of the molecule is CCNCC(=O)NC(C(=O)NC(C(=O)N[C@@H](CCCNC(=N)N)C(=O)C(C)(C)C)C(C)C)C(C)CC. The van der Waals surface area contributed by atoms with Gasteiger partial charge in [-0.3, -0.25) is 24.6 Å². The molecule has 0 saturated carbocycles. The second-order valence-electron chi connectivity index (χ2n) is 10.6. The number of carbonyl (C=O) groups is 4. The highest BCUT2D eigenvalue weighted by atomic mass is 16.2. The number of amides is 3. The predicted octanol–water partition coefficient (Wildman–Crippen LogP) is 0.631. The topological polar surface area (TPSA) is 178 Å². The van der Waals surface area contributed by atoms with E-state index < -0.39 is 35.4 Å². The van der Waals surface area contributed by atoms with Crippen LogP contribution >= 0.6 is 0 Å². The fraction of sp³-hybridized carbons (Fsp3) is 0.800. The van der Waals surface area contributed by atoms with Crippen molar-refractivity contribution in [3.05, 3.63) is 0 Å². The largest absolute Gasteiger partial charge is 0.370 e. The molecule has 3 unspecified atom stereocenters. The molecular formula is C25H49N7O4. The average molecular weight is 512 g/mol. The first-order valence-corrected chi connectivity index (χ1v) is 12.9. The van der Waals surface area contributed by atoms with Crippen LogP contribution in [0.25, 0.3) is 0 Å². The van der Waals surface area contributed by atoms with Gasteiger partial charge in [-0.25, -0.2) is 0 Å². The lowest BCUT2D eigenvalue weighted by atomic mass is 9.84. The van der Waals surface area contributed by atoms with Crippen molar-refractivity contribution in [1.29, 1.82) is 5.41 Å². The fourth-order valence-electron chi connectivity index (χ4n) is 3.53. The van der Waals surface area contributed by atoms with Crippen LogP contribution in [0, 0.1) is 22.7 Å². The van der Waals surface area contributed by atoms with Crippen molar-refractivity contribution in [3.8, 4) is 0 Å². The molecule has 208 valence electrons. The zero-order valence-electron chi connectivity index (χ0n) is 23.3. The molecule has 0 fully saturated rings. The van der Waals surface area contributed by atoms with Gasteiger partial charge in [0.05, 0.1) is 12.6 Å². The zero-order valence-corrected chi connectivity index (χ0v) is 23.3. The van der Waals surface area contributed by atoms with Crippen molar-refractivity contribution in [2.75, 3.05) is 19.6 Å². The number of hydrogen-bond donors (Lipinski definition) is 7. The molecule has 11 heteroatoms. The standard InChI is InChI=1S/C25H49N7O4/c1-9-16(5)20(31-18(33)14-28-10-2)23(36)32-19(15(3)4)22(35)30-17(21(34)25(6,7)8)12-11-13-29-24(26)27/h15-17,19-20,28H,9-14H2,1-8H3,(H,30,35)(H,31,33)(H,32,36)(H4,26,27,29)/t16?,17-,19?,20?/m0/s1. The Morgan fingerprint density at radius 3 is 1.97 bits per heavy atom. The molecule has 0 bridgehead atoms. The lowest BCUT2D eigenvalue weighted by Crippen LogP contribution is -2.59. The quantitative estimate of drug-likeness (QED) is 0.0902. The Kier molecular flexibility index (Phi) is 14.9. The number of nitrogens with one attached hydrogen (secondary N) is 6. The number of carbonyl (C=O) groups excluding carboxylic acids is 4. The van der Waals surface area contributed by atoms with Crippen LogP contribution < -0.4 is 32.3 Å². The molecule has 0 spiro atoms. The van der Waals surface area contributed by atoms with Crippen molar-refractivity contribution in [2.24, 2.45) is 23.0 Å². The third-order valence-electron chi connectivity index (χ3n) is 5.95. The summed E-state index contributed by atoms with van der Waals surface area (Å²) in [6.07, 6.45) is 1.53. The van der Waals surface area contributed by atoms with E-state index in [-0.39, 0.29) is 36.0 Å². The molecule has 0 aliphatic rings. The molecule has 3 amide bonds. The number of ketones is 1. The van der Waals surface area contributed by atoms with E-state index in [0.717, 1.165) is 0 Å². The van der Waals surface area contributed by atoms with Gasteiger partial charge in [-0.15, -0.1) is 0 Å². The molecule has 0 heterocycles. The zero-order chi connectivity index (χ0) is 28.1. The second-order valence-corrected chi connectivity index (χ2v) is 10.6. The third-order valence-corrected chi connectivity index (χ3v) is 5.95. The summed E-state index contributed by atoms with van der Waals surface area (Å²) in [6, 6.07) is -2.44. The minimum Gasteiger partial charge on any atom is -0.370 e. The number of guanidine groups is 1. The molecule has 4 atom stereocenters. The molecule has 11 nitrogen and oxygen atoms in total. The maximum atomic E-state index is 13.3. The molecule has 0 aromatic carbocycles. The van der Waals surface area contributed by atoms with Gasteiger partial charge in [0.15, 0.2) is 11.7 Å². The van der Waals surface area contributed by atoms with Gasteiger partial charge < -0.3 is 32.3 Å². The van der Waals surface area contributed by atoms with Crippen LogP contribution in [-0.2, 0) is 19.2 Å². The highest BCUT2D eigenvalue weighted by Gasteiger charge is 2.35. The van der Waals surface area contributed by atoms with Crippen LogP contribution in [-0.4, -0.2) is 67.2 Å². The lowest BCUT2D eigenvalue weighted by molar-refractivity contribution is -0.136. The number of nitrogens with two attached hydrogens (primary N) is 1. The van der Waals surface area contributed by atoms with Gasteiger partial charge in [-0.05, 0) is 31.2 Å². The summed E-state index contributed by atoms with van der Waals surface area (Å²) >= 11 is 0. The minimum absolute atomic E-state index is 0.0971. The van der Waals surface area contributed by atoms with E-state index in [4.69, 9.17) is 11.1 Å². The Morgan fingerprint density at radius 1 is 0.917 bits per heavy atom. The van der Waals surface area contributed by atoms with Crippen molar-refractivity contribution < 1.29 is 19.2 Å². The Bertz CT molecular complexity index is 749. The average Bonchev–Trinajstić information content (AvgIpc) is 2.79. The highest BCUT2D eigenvalue weighted by molar-refractivity contribution is 5.96. The van der Waals surface area contributed by atoms with Gasteiger partial charge in [0, 0.05) is 12.0 Å². The monoisotopic (exact) mass is 511 g/mol. The Balaban J connectivity index is 5.57. The second kappa shape index (κ2) is 16.1. The van der Waals surface area contributed by atoms with Crippen molar-refractivity contribution >= 4 is 29.5 Å². The first kappa shape index (κ1) is 33.3. The number of rotatable bonds is 16. The summed E-state index contributed by atoms with van der Waals surface area (Å²) in [5.74, 6) is -1.87. The molecule has 0 saturated heterocycles. The summed E-state index contributed by atoms with van der Waals surface area (Å²) in [5.41, 5.74) is 4.63. The number of hydrogen-bond acceptors (Lipinski definition) is 6. The van der Waals surface area contributed by atoms with Gasteiger partial charge in [-0.1, -0.05) is 61.8 Å². The molecule has 8 N–H and O–H groups in total. The normalized spacial score (nSPS) is 14.8. The highest BCUT2D eigenvalue weighted by Crippen LogP contribution is 2.19. The van der Waals surface area contributed by atoms with E-state index >= 15 is 0 Å². The maximum Gasteiger partial charge on any atom is 0.243 e. The molecule has 36 heavy (non-hydrogen) atoms. The van der Waals surface area contributed by atoms with Gasteiger partial charge in [-0.2, -0.15) is 0 Å². The molecule has 0 rings (SSSR count). The van der Waals surface area contributed by atoms with Gasteiger partial charge in [0.25, 0.3) is 0 Å². The molecule has 0 aromatic rings. The van der Waals surface area contributed by atoms with E-state index in [9.17, 15) is 19.2 Å². The first-order valence-electron chi connectivity index (χ1n) is 12.9. The van der Waals surface area contributed by atoms with E-state index in [1.54, 1.807) is 20.8 Å². The van der Waals surface area contributed by atoms with E-state index in [2.05, 4.69) is 26.6 Å². The molecule has 0 aliphatic heterocycles. The predicted molar refractivity (Wildman–Crippen MR) is 142 cm³/mol. The maximum absolute atomic E-state index is 13.3. The minimum atomic E-state index is -0.889. The Hall–Kier alpha value is -2.69. The van der Waals surface area contributed by atoms with Crippen molar-refractivity contribution in [2.45, 2.75) is 92.8 Å². The summed E-state index contributed by atoms with van der Waals surface area (Å²) in [6.45, 7) is 15.8. The van der Waals surface area contributed by atoms with Crippen LogP contribution in [0.3, 0.4) is 0 Å². The number of likely N-dealkylation sites (N-methyl/N-ethyl adjacent to an activating group) is 1. The fourth-order valence-corrected chi connectivity index (χ4v) is 3.53. The van der Waals surface area contributed by atoms with Crippen molar-refractivity contribution in [1.82, 2.24) is 26.6 Å². The van der Waals surface area contributed by atoms with E-state index in [1.807, 2.05) is 34.6 Å². The molecule has 0 radical (unpaired) electrons. The van der Waals surface area contributed by atoms with Crippen LogP contribution in [0.5, 0.6) is 0 Å². The third kappa shape index (κ3) is 12.3. The smallest absolute Gasteiger partial charge is 0.243 e. The Labute approximate surface area is 216 Å². The summed E-state index contributed by atoms with van der Waals surface area (Å²) in [4.78, 5) is 51.8. The molecule has 0 aliphatic carbocycles. The van der Waals surface area contributed by atoms with Crippen LogP contribution in [0.15, 0.2) is 0 Å². The van der Waals surface area contributed by atoms with Crippen LogP contribution in [0.4, 0.5) is 0 Å². The van der Waals surface area contributed by atoms with Crippen LogP contribution in [0.1, 0.15) is 74.7 Å². The molecular weight excluding hydrogens is 462 g/mol. The van der Waals surface area contributed by atoms with Gasteiger partial charge in [0.2, 0.25) is 17.7 Å². The van der Waals surface area contributed by atoms with E-state index in [0.29, 0.717) is 32.4 Å². The first-order chi connectivity index (χ1) is 16.6. The van der Waals surface area contributed by atoms with Gasteiger partial charge >= 0.3 is 0 Å². The van der Waals surface area contributed by atoms with Crippen LogP contribution in [0.2, 0.25) is 0 Å². The van der Waals surface area contributed by atoms with E-state index in [1.165, 1.54) is 0 Å². The number of Topliss-reactive ketones (excluding diaryl/α,β-unsaturated/α-hetero) is 1.